The highest BCUT2D eigenvalue weighted by atomic mass is 32.5. The van der Waals surface area contributed by atoms with Crippen LogP contribution in [0.25, 0.3) is 10.2 Å². The number of ether oxygens (including phenoxy) is 2. The first-order valence-corrected chi connectivity index (χ1v) is 17.3. The standard InChI is InChI=1S/C20H30N4O15P2S2/c1-6(26)24-11-12(28)9(36-16(11)7-4-43-18-10(7)22-5-23-19(18)21)3-35-41(34,42)39-40(32,33)38-20-15(31)13(29)14(30)17(37-20)8(27)2-25/h4-5,8-9,11-17,20,25,27-31H,2-3H2,1H3,(H,24,26)(H,32,33)(H,34,42)(H2,21,22,23)/t8-,9+,11+,12+,13?,14?,15?,16-,17?,20?,41?/m0/s1. The zero-order valence-electron chi connectivity index (χ0n) is 22.0. The number of nitrogens with two attached hydrogens (primary N) is 1. The molecule has 7 unspecified atom stereocenters. The first-order valence-electron chi connectivity index (χ1n) is 12.3. The lowest BCUT2D eigenvalue weighted by Crippen LogP contribution is -2.61. The number of hydrogen-bond acceptors (Lipinski definition) is 18. The van der Waals surface area contributed by atoms with Crippen LogP contribution in [0.1, 0.15) is 18.6 Å². The Labute approximate surface area is 251 Å². The second-order valence-electron chi connectivity index (χ2n) is 9.55. The Balaban J connectivity index is 1.44. The molecular weight excluding hydrogens is 662 g/mol. The second kappa shape index (κ2) is 13.6. The highest BCUT2D eigenvalue weighted by Gasteiger charge is 2.50. The van der Waals surface area contributed by atoms with Crippen LogP contribution >= 0.6 is 25.9 Å². The average Bonchev–Trinajstić information content (AvgIpc) is 3.48. The number of carbonyl (C=O) groups is 1. The van der Waals surface area contributed by atoms with Gasteiger partial charge in [-0.25, -0.2) is 18.8 Å². The molecule has 23 heteroatoms. The molecular formula is C20H30N4O15P2S2. The predicted molar refractivity (Wildman–Crippen MR) is 147 cm³/mol. The van der Waals surface area contributed by atoms with Crippen molar-refractivity contribution in [2.75, 3.05) is 18.9 Å². The Morgan fingerprint density at radius 1 is 1.19 bits per heavy atom. The molecule has 0 spiro atoms. The topological polar surface area (TPSA) is 306 Å². The van der Waals surface area contributed by atoms with E-state index >= 15 is 0 Å². The van der Waals surface area contributed by atoms with E-state index in [2.05, 4.69) is 24.1 Å². The zero-order valence-corrected chi connectivity index (χ0v) is 25.4. The number of rotatable bonds is 11. The number of nitrogens with zero attached hydrogens (tertiary/aromatic N) is 2. The maximum atomic E-state index is 12.6. The third-order valence-corrected chi connectivity index (χ3v) is 11.0. The summed E-state index contributed by atoms with van der Waals surface area (Å²) in [5, 5.41) is 64.1. The smallest absolute Gasteiger partial charge is 0.394 e. The fourth-order valence-electron chi connectivity index (χ4n) is 4.51. The fourth-order valence-corrected chi connectivity index (χ4v) is 8.55. The largest absolute Gasteiger partial charge is 0.481 e. The molecule has 1 amide bonds. The Morgan fingerprint density at radius 2 is 1.88 bits per heavy atom. The number of phosphoric ester groups is 1. The lowest BCUT2D eigenvalue weighted by molar-refractivity contribution is -0.292. The molecule has 0 aromatic carbocycles. The molecule has 43 heavy (non-hydrogen) atoms. The summed E-state index contributed by atoms with van der Waals surface area (Å²) in [7, 11) is -5.46. The number of amides is 1. The van der Waals surface area contributed by atoms with Crippen molar-refractivity contribution in [1.82, 2.24) is 15.3 Å². The Morgan fingerprint density at radius 3 is 2.53 bits per heavy atom. The van der Waals surface area contributed by atoms with Gasteiger partial charge >= 0.3 is 14.5 Å². The Hall–Kier alpha value is -1.33. The molecule has 0 bridgehead atoms. The van der Waals surface area contributed by atoms with Gasteiger partial charge < -0.3 is 65.5 Å². The molecule has 0 saturated carbocycles. The highest BCUT2D eigenvalue weighted by Crippen LogP contribution is 2.62. The van der Waals surface area contributed by atoms with Gasteiger partial charge in [-0.2, -0.15) is 0 Å². The van der Waals surface area contributed by atoms with Gasteiger partial charge in [0.05, 0.1) is 29.5 Å². The number of fused-ring (bicyclic) bond motifs is 1. The summed E-state index contributed by atoms with van der Waals surface area (Å²) in [6, 6.07) is -1.03. The number of phosphoric acid groups is 1. The van der Waals surface area contributed by atoms with Crippen molar-refractivity contribution in [2.24, 2.45) is 0 Å². The van der Waals surface area contributed by atoms with Crippen LogP contribution in [-0.2, 0) is 44.0 Å². The number of thiophene rings is 1. The normalized spacial score (nSPS) is 34.9. The fraction of sp³-hybridized carbons (Fsp3) is 0.650. The van der Waals surface area contributed by atoms with Crippen LogP contribution in [0.5, 0.6) is 0 Å². The van der Waals surface area contributed by atoms with Gasteiger partial charge in [-0.05, 0) is 17.2 Å². The minimum absolute atomic E-state index is 0.210. The van der Waals surface area contributed by atoms with Gasteiger partial charge in [0.15, 0.2) is 6.29 Å². The first kappa shape index (κ1) is 34.5. The van der Waals surface area contributed by atoms with Crippen molar-refractivity contribution in [3.63, 3.8) is 0 Å². The zero-order chi connectivity index (χ0) is 31.9. The number of aromatic nitrogens is 2. The summed E-state index contributed by atoms with van der Waals surface area (Å²) >= 11 is 5.99. The van der Waals surface area contributed by atoms with Crippen LogP contribution in [0.2, 0.25) is 0 Å². The summed E-state index contributed by atoms with van der Waals surface area (Å²) in [4.78, 5) is 40.6. The number of aliphatic hydroxyl groups excluding tert-OH is 6. The second-order valence-corrected chi connectivity index (χ2v) is 14.8. The van der Waals surface area contributed by atoms with Gasteiger partial charge in [0.2, 0.25) is 5.91 Å². The third-order valence-electron chi connectivity index (χ3n) is 6.50. The van der Waals surface area contributed by atoms with E-state index in [1.807, 2.05) is 0 Å². The number of nitrogens with one attached hydrogen (secondary N) is 1. The van der Waals surface area contributed by atoms with E-state index in [1.165, 1.54) is 24.6 Å². The molecule has 4 heterocycles. The summed E-state index contributed by atoms with van der Waals surface area (Å²) in [5.74, 6) is -0.290. The van der Waals surface area contributed by atoms with Crippen LogP contribution in [0.3, 0.4) is 0 Å². The van der Waals surface area contributed by atoms with E-state index in [4.69, 9.17) is 36.6 Å². The Bertz CT molecular complexity index is 1410. The van der Waals surface area contributed by atoms with Crippen molar-refractivity contribution >= 4 is 59.6 Å². The SMILES string of the molecule is CC(=O)N[C@@H]1[C@H](O)[C@@H](COP(O)(=S)OP(=O)(O)OC2OC([C@@H](O)CO)C(O)C(O)C2O)O[C@H]1c1csc2c(N)ncnc12. The molecule has 12 atom stereocenters. The third kappa shape index (κ3) is 7.74. The summed E-state index contributed by atoms with van der Waals surface area (Å²) < 4.78 is 38.4. The van der Waals surface area contributed by atoms with Crippen LogP contribution in [0, 0.1) is 0 Å². The number of hydrogen-bond donors (Lipinski definition) is 10. The van der Waals surface area contributed by atoms with Crippen molar-refractivity contribution in [2.45, 2.75) is 68.1 Å². The van der Waals surface area contributed by atoms with Gasteiger partial charge in [0.25, 0.3) is 0 Å². The number of nitrogen functional groups attached to an aromatic ring is 1. The average molecular weight is 693 g/mol. The predicted octanol–water partition coefficient (Wildman–Crippen LogP) is -2.89. The van der Waals surface area contributed by atoms with Crippen molar-refractivity contribution in [1.29, 1.82) is 0 Å². The number of anilines is 1. The molecule has 2 fully saturated rings. The van der Waals surface area contributed by atoms with E-state index < -0.39 is 94.8 Å². The maximum Gasteiger partial charge on any atom is 0.481 e. The van der Waals surface area contributed by atoms with Crippen molar-refractivity contribution in [3.05, 3.63) is 17.3 Å². The molecule has 0 aliphatic carbocycles. The minimum Gasteiger partial charge on any atom is -0.394 e. The molecule has 2 aliphatic rings. The molecule has 242 valence electrons. The van der Waals surface area contributed by atoms with E-state index in [9.17, 15) is 44.7 Å². The van der Waals surface area contributed by atoms with Crippen LogP contribution in [-0.4, -0.2) is 125 Å². The van der Waals surface area contributed by atoms with Crippen LogP contribution < -0.4 is 11.1 Å². The number of aliphatic hydroxyl groups is 6. The minimum atomic E-state index is -5.46. The lowest BCUT2D eigenvalue weighted by Gasteiger charge is -2.41. The first-order chi connectivity index (χ1) is 20.0. The summed E-state index contributed by atoms with van der Waals surface area (Å²) in [5.41, 5.74) is 6.78. The molecule has 19 nitrogen and oxygen atoms in total. The molecule has 0 radical (unpaired) electrons. The maximum absolute atomic E-state index is 12.6. The van der Waals surface area contributed by atoms with Crippen molar-refractivity contribution in [3.8, 4) is 0 Å². The van der Waals surface area contributed by atoms with Gasteiger partial charge in [-0.15, -0.1) is 11.3 Å². The van der Waals surface area contributed by atoms with Crippen molar-refractivity contribution < 1.29 is 72.6 Å². The summed E-state index contributed by atoms with van der Waals surface area (Å²) in [6.45, 7) is -5.11. The molecule has 2 aromatic heterocycles. The molecule has 2 saturated heterocycles. The quantitative estimate of drug-likeness (QED) is 0.106. The van der Waals surface area contributed by atoms with Gasteiger partial charge in [-0.3, -0.25) is 9.32 Å². The van der Waals surface area contributed by atoms with Gasteiger partial charge in [0, 0.05) is 12.5 Å². The summed E-state index contributed by atoms with van der Waals surface area (Å²) in [6.07, 6.45) is -14.3. The monoisotopic (exact) mass is 692 g/mol. The highest BCUT2D eigenvalue weighted by molar-refractivity contribution is 8.08. The Kier molecular flexibility index (Phi) is 10.9. The van der Waals surface area contributed by atoms with E-state index in [0.29, 0.717) is 15.8 Å². The van der Waals surface area contributed by atoms with E-state index in [0.717, 1.165) is 0 Å². The van der Waals surface area contributed by atoms with Gasteiger partial charge in [-0.1, -0.05) is 0 Å². The molecule has 2 aliphatic heterocycles. The van der Waals surface area contributed by atoms with E-state index in [1.54, 1.807) is 5.38 Å². The molecule has 2 aromatic rings. The lowest BCUT2D eigenvalue weighted by atomic mass is 9.96. The molecule has 4 rings (SSSR count). The van der Waals surface area contributed by atoms with Crippen LogP contribution in [0.4, 0.5) is 5.82 Å². The molecule has 11 N–H and O–H groups in total. The number of carbonyl (C=O) groups excluding carboxylic acids is 1. The van der Waals surface area contributed by atoms with Gasteiger partial charge in [0.1, 0.15) is 61.0 Å². The van der Waals surface area contributed by atoms with E-state index in [-0.39, 0.29) is 5.82 Å². The van der Waals surface area contributed by atoms with Crippen LogP contribution in [0.15, 0.2) is 11.7 Å².